The molecule has 1 heterocycles. The zero-order chi connectivity index (χ0) is 16.2. The van der Waals surface area contributed by atoms with Gasteiger partial charge in [-0.1, -0.05) is 51.5 Å². The lowest BCUT2D eigenvalue weighted by atomic mass is 9.84. The molecule has 0 radical (unpaired) electrons. The third-order valence-electron chi connectivity index (χ3n) is 5.46. The molecule has 1 aliphatic rings. The van der Waals surface area contributed by atoms with Crippen molar-refractivity contribution in [1.82, 2.24) is 10.3 Å². The Morgan fingerprint density at radius 3 is 2.43 bits per heavy atom. The van der Waals surface area contributed by atoms with Gasteiger partial charge in [-0.25, -0.2) is 0 Å². The maximum absolute atomic E-state index is 4.76. The molecule has 2 aromatic rings. The van der Waals surface area contributed by atoms with E-state index in [-0.39, 0.29) is 0 Å². The van der Waals surface area contributed by atoms with E-state index in [4.69, 9.17) is 4.98 Å². The van der Waals surface area contributed by atoms with Gasteiger partial charge in [0.15, 0.2) is 0 Å². The van der Waals surface area contributed by atoms with Gasteiger partial charge in [-0.05, 0) is 48.5 Å². The number of rotatable bonds is 5. The molecule has 0 atom stereocenters. The standard InChI is InChI=1S/C21H30N2/c1-4-16-9-11-18(12-10-16)22-13-17-14-23-21(15(2)3)20-8-6-5-7-19(17)20/h5-8,14-16,18,22H,4,9-13H2,1-3H3. The van der Waals surface area contributed by atoms with Gasteiger partial charge in [0.2, 0.25) is 0 Å². The lowest BCUT2D eigenvalue weighted by Crippen LogP contribution is -2.32. The predicted octanol–water partition coefficient (Wildman–Crippen LogP) is 5.42. The van der Waals surface area contributed by atoms with E-state index in [1.807, 2.05) is 0 Å². The fraction of sp³-hybridized carbons (Fsp3) is 0.571. The van der Waals surface area contributed by atoms with Gasteiger partial charge in [0.1, 0.15) is 0 Å². The molecule has 2 nitrogen and oxygen atoms in total. The molecule has 3 rings (SSSR count). The first kappa shape index (κ1) is 16.4. The van der Waals surface area contributed by atoms with Crippen LogP contribution in [-0.2, 0) is 6.54 Å². The molecule has 0 aliphatic heterocycles. The van der Waals surface area contributed by atoms with Crippen LogP contribution in [0.3, 0.4) is 0 Å². The second-order valence-electron chi connectivity index (χ2n) is 7.38. The number of nitrogens with zero attached hydrogens (tertiary/aromatic N) is 1. The molecule has 1 aliphatic carbocycles. The number of aromatic nitrogens is 1. The Bertz CT molecular complexity index is 639. The third-order valence-corrected chi connectivity index (χ3v) is 5.46. The number of nitrogens with one attached hydrogen (secondary N) is 1. The lowest BCUT2D eigenvalue weighted by molar-refractivity contribution is 0.285. The van der Waals surface area contributed by atoms with Gasteiger partial charge >= 0.3 is 0 Å². The number of pyridine rings is 1. The molecule has 0 spiro atoms. The van der Waals surface area contributed by atoms with Gasteiger partial charge in [-0.3, -0.25) is 4.98 Å². The summed E-state index contributed by atoms with van der Waals surface area (Å²) < 4.78 is 0. The summed E-state index contributed by atoms with van der Waals surface area (Å²) in [6, 6.07) is 9.41. The molecule has 1 aromatic carbocycles. The van der Waals surface area contributed by atoms with Gasteiger partial charge in [-0.15, -0.1) is 0 Å². The maximum atomic E-state index is 4.76. The molecule has 124 valence electrons. The summed E-state index contributed by atoms with van der Waals surface area (Å²) in [4.78, 5) is 4.76. The van der Waals surface area contributed by atoms with Crippen LogP contribution < -0.4 is 5.32 Å². The molecule has 1 fully saturated rings. The monoisotopic (exact) mass is 310 g/mol. The summed E-state index contributed by atoms with van der Waals surface area (Å²) in [5.74, 6) is 1.42. The Labute approximate surface area is 140 Å². The van der Waals surface area contributed by atoms with E-state index in [1.165, 1.54) is 54.1 Å². The van der Waals surface area contributed by atoms with Crippen molar-refractivity contribution in [2.75, 3.05) is 0 Å². The molecule has 0 unspecified atom stereocenters. The molecule has 0 bridgehead atoms. The first-order chi connectivity index (χ1) is 11.2. The van der Waals surface area contributed by atoms with Crippen LogP contribution in [0.5, 0.6) is 0 Å². The molecule has 23 heavy (non-hydrogen) atoms. The second-order valence-corrected chi connectivity index (χ2v) is 7.38. The van der Waals surface area contributed by atoms with E-state index in [0.29, 0.717) is 12.0 Å². The normalized spacial score (nSPS) is 21.9. The molecule has 2 heteroatoms. The summed E-state index contributed by atoms with van der Waals surface area (Å²) in [6.45, 7) is 7.71. The SMILES string of the molecule is CCC1CCC(NCc2cnc(C(C)C)c3ccccc23)CC1. The summed E-state index contributed by atoms with van der Waals surface area (Å²) in [7, 11) is 0. The largest absolute Gasteiger partial charge is 0.310 e. The fourth-order valence-corrected chi connectivity index (χ4v) is 3.90. The van der Waals surface area contributed by atoms with Crippen LogP contribution in [-0.4, -0.2) is 11.0 Å². The zero-order valence-electron chi connectivity index (χ0n) is 14.8. The maximum Gasteiger partial charge on any atom is 0.0507 e. The van der Waals surface area contributed by atoms with Gasteiger partial charge in [0.05, 0.1) is 5.69 Å². The highest BCUT2D eigenvalue weighted by Gasteiger charge is 2.19. The highest BCUT2D eigenvalue weighted by molar-refractivity contribution is 5.87. The minimum Gasteiger partial charge on any atom is -0.310 e. The summed E-state index contributed by atoms with van der Waals surface area (Å²) >= 11 is 0. The quantitative estimate of drug-likeness (QED) is 0.798. The Hall–Kier alpha value is -1.41. The second kappa shape index (κ2) is 7.44. The van der Waals surface area contributed by atoms with Crippen molar-refractivity contribution in [3.63, 3.8) is 0 Å². The zero-order valence-corrected chi connectivity index (χ0v) is 14.8. The van der Waals surface area contributed by atoms with E-state index in [0.717, 1.165) is 12.5 Å². The van der Waals surface area contributed by atoms with Gasteiger partial charge in [0.25, 0.3) is 0 Å². The van der Waals surface area contributed by atoms with Crippen LogP contribution in [0.1, 0.15) is 70.1 Å². The fourth-order valence-electron chi connectivity index (χ4n) is 3.90. The van der Waals surface area contributed by atoms with Crippen LogP contribution in [0.4, 0.5) is 0 Å². The van der Waals surface area contributed by atoms with Crippen molar-refractivity contribution >= 4 is 10.8 Å². The van der Waals surface area contributed by atoms with Crippen molar-refractivity contribution in [1.29, 1.82) is 0 Å². The molecule has 0 amide bonds. The summed E-state index contributed by atoms with van der Waals surface area (Å²) in [5.41, 5.74) is 2.55. The molecular formula is C21H30N2. The summed E-state index contributed by atoms with van der Waals surface area (Å²) in [5, 5.41) is 6.46. The van der Waals surface area contributed by atoms with E-state index in [1.54, 1.807) is 0 Å². The molecule has 1 N–H and O–H groups in total. The number of hydrogen-bond donors (Lipinski definition) is 1. The van der Waals surface area contributed by atoms with Gasteiger partial charge in [0, 0.05) is 24.2 Å². The predicted molar refractivity (Wildman–Crippen MR) is 98.7 cm³/mol. The van der Waals surface area contributed by atoms with Crippen LogP contribution in [0, 0.1) is 5.92 Å². The van der Waals surface area contributed by atoms with Crippen molar-refractivity contribution in [2.45, 2.75) is 71.4 Å². The minimum absolute atomic E-state index is 0.464. The Morgan fingerprint density at radius 2 is 1.78 bits per heavy atom. The number of fused-ring (bicyclic) bond motifs is 1. The van der Waals surface area contributed by atoms with Crippen LogP contribution in [0.25, 0.3) is 10.8 Å². The highest BCUT2D eigenvalue weighted by Crippen LogP contribution is 2.28. The first-order valence-electron chi connectivity index (χ1n) is 9.29. The van der Waals surface area contributed by atoms with Crippen LogP contribution in [0.15, 0.2) is 30.5 Å². The molecular weight excluding hydrogens is 280 g/mol. The Kier molecular flexibility index (Phi) is 5.32. The topological polar surface area (TPSA) is 24.9 Å². The first-order valence-corrected chi connectivity index (χ1v) is 9.29. The third kappa shape index (κ3) is 3.74. The van der Waals surface area contributed by atoms with Crippen LogP contribution >= 0.6 is 0 Å². The van der Waals surface area contributed by atoms with Crippen molar-refractivity contribution in [2.24, 2.45) is 5.92 Å². The number of benzene rings is 1. The van der Waals surface area contributed by atoms with E-state index >= 15 is 0 Å². The average Bonchev–Trinajstić information content (AvgIpc) is 2.59. The summed E-state index contributed by atoms with van der Waals surface area (Å²) in [6.07, 6.45) is 8.86. The lowest BCUT2D eigenvalue weighted by Gasteiger charge is -2.28. The van der Waals surface area contributed by atoms with E-state index in [9.17, 15) is 0 Å². The smallest absolute Gasteiger partial charge is 0.0507 e. The van der Waals surface area contributed by atoms with E-state index < -0.39 is 0 Å². The van der Waals surface area contributed by atoms with Crippen molar-refractivity contribution in [3.8, 4) is 0 Å². The number of hydrogen-bond acceptors (Lipinski definition) is 2. The molecule has 0 saturated heterocycles. The van der Waals surface area contributed by atoms with Crippen molar-refractivity contribution in [3.05, 3.63) is 41.7 Å². The van der Waals surface area contributed by atoms with Gasteiger partial charge < -0.3 is 5.32 Å². The minimum atomic E-state index is 0.464. The van der Waals surface area contributed by atoms with E-state index in [2.05, 4.69) is 56.6 Å². The molecule has 1 saturated carbocycles. The molecule has 1 aromatic heterocycles. The highest BCUT2D eigenvalue weighted by atomic mass is 14.9. The Morgan fingerprint density at radius 1 is 1.09 bits per heavy atom. The average molecular weight is 310 g/mol. The van der Waals surface area contributed by atoms with Crippen molar-refractivity contribution < 1.29 is 0 Å². The Balaban J connectivity index is 1.73. The van der Waals surface area contributed by atoms with Gasteiger partial charge in [-0.2, -0.15) is 0 Å². The van der Waals surface area contributed by atoms with Crippen LogP contribution in [0.2, 0.25) is 0 Å².